The Morgan fingerprint density at radius 2 is 0.873 bits per heavy atom. The normalized spacial score (nSPS) is 12.9. The van der Waals surface area contributed by atoms with Crippen LogP contribution in [0.2, 0.25) is 0 Å². The van der Waals surface area contributed by atoms with Crippen LogP contribution in [0.4, 0.5) is 0 Å². The second-order valence-corrected chi connectivity index (χ2v) is 14.3. The van der Waals surface area contributed by atoms with Crippen LogP contribution in [0.3, 0.4) is 0 Å². The Morgan fingerprint density at radius 1 is 0.327 bits per heavy atom. The summed E-state index contributed by atoms with van der Waals surface area (Å²) in [6.45, 7) is 0. The van der Waals surface area contributed by atoms with Crippen molar-refractivity contribution < 1.29 is 0 Å². The molecule has 55 heavy (non-hydrogen) atoms. The molecular formula is C52H33N3. The Labute approximate surface area is 319 Å². The molecule has 10 aromatic rings. The molecule has 9 aromatic carbocycles. The predicted octanol–water partition coefficient (Wildman–Crippen LogP) is 12.7. The quantitative estimate of drug-likeness (QED) is 0.133. The summed E-state index contributed by atoms with van der Waals surface area (Å²) in [5, 5.41) is 6.91. The summed E-state index contributed by atoms with van der Waals surface area (Å²) in [5.74, 6) is 1.94. The van der Waals surface area contributed by atoms with Crippen molar-refractivity contribution in [3.05, 3.63) is 222 Å². The standard InChI is InChI=1S/C52H33N3/c1-4-18-35(19-5-1)49-53-50(55-51(54-49)48-41-26-13-11-20-36(41)33-37-32-31-34-17-10-12-25-40(34)46(37)48)43-28-16-30-45-47(43)42-27-14-15-29-44(42)52(45,38-21-6-2-7-22-38)39-23-8-3-9-24-39/h1-33H. The SMILES string of the molecule is c1ccc(-c2nc(-c3cccc4c3-c3ccccc3C4(c3ccccc3)c3ccccc3)nc(-c3c4ccccc4cc4ccc5ccccc5c34)n2)cc1. The van der Waals surface area contributed by atoms with Crippen molar-refractivity contribution in [2.24, 2.45) is 0 Å². The highest BCUT2D eigenvalue weighted by Gasteiger charge is 2.47. The number of fused-ring (bicyclic) bond motifs is 7. The minimum Gasteiger partial charge on any atom is -0.208 e. The Morgan fingerprint density at radius 3 is 1.64 bits per heavy atom. The van der Waals surface area contributed by atoms with Crippen molar-refractivity contribution in [2.45, 2.75) is 5.41 Å². The highest BCUT2D eigenvalue weighted by Crippen LogP contribution is 2.58. The van der Waals surface area contributed by atoms with Gasteiger partial charge in [0.2, 0.25) is 0 Å². The van der Waals surface area contributed by atoms with Gasteiger partial charge in [-0.1, -0.05) is 194 Å². The van der Waals surface area contributed by atoms with Crippen molar-refractivity contribution in [3.8, 4) is 45.3 Å². The van der Waals surface area contributed by atoms with E-state index >= 15 is 0 Å². The zero-order valence-corrected chi connectivity index (χ0v) is 29.9. The van der Waals surface area contributed by atoms with Crippen LogP contribution in [-0.2, 0) is 5.41 Å². The zero-order valence-electron chi connectivity index (χ0n) is 29.9. The summed E-state index contributed by atoms with van der Waals surface area (Å²) in [4.78, 5) is 16.2. The molecule has 0 fully saturated rings. The smallest absolute Gasteiger partial charge is 0.165 e. The lowest BCUT2D eigenvalue weighted by molar-refractivity contribution is 0.768. The second-order valence-electron chi connectivity index (χ2n) is 14.3. The average molecular weight is 700 g/mol. The van der Waals surface area contributed by atoms with Crippen molar-refractivity contribution in [3.63, 3.8) is 0 Å². The van der Waals surface area contributed by atoms with Gasteiger partial charge >= 0.3 is 0 Å². The molecular weight excluding hydrogens is 667 g/mol. The van der Waals surface area contributed by atoms with Gasteiger partial charge in [0.15, 0.2) is 17.5 Å². The largest absolute Gasteiger partial charge is 0.208 e. The molecule has 1 aliphatic carbocycles. The third-order valence-electron chi connectivity index (χ3n) is 11.4. The fourth-order valence-corrected chi connectivity index (χ4v) is 9.08. The summed E-state index contributed by atoms with van der Waals surface area (Å²) in [7, 11) is 0. The lowest BCUT2D eigenvalue weighted by atomic mass is 9.67. The van der Waals surface area contributed by atoms with Crippen molar-refractivity contribution in [2.75, 3.05) is 0 Å². The first-order valence-electron chi connectivity index (χ1n) is 18.8. The van der Waals surface area contributed by atoms with Crippen molar-refractivity contribution >= 4 is 32.3 Å². The summed E-state index contributed by atoms with van der Waals surface area (Å²) in [5.41, 5.74) is 9.65. The Kier molecular flexibility index (Phi) is 7.08. The maximum Gasteiger partial charge on any atom is 0.165 e. The number of benzene rings is 9. The maximum atomic E-state index is 5.53. The van der Waals surface area contributed by atoms with Crippen LogP contribution in [0, 0.1) is 0 Å². The third-order valence-corrected chi connectivity index (χ3v) is 11.4. The fraction of sp³-hybridized carbons (Fsp3) is 0.0192. The molecule has 0 aliphatic heterocycles. The van der Waals surface area contributed by atoms with E-state index in [9.17, 15) is 0 Å². The van der Waals surface area contributed by atoms with Gasteiger partial charge in [0, 0.05) is 22.1 Å². The Bertz CT molecular complexity index is 3040. The minimum absolute atomic E-state index is 0.534. The molecule has 0 radical (unpaired) electrons. The first-order valence-corrected chi connectivity index (χ1v) is 18.8. The monoisotopic (exact) mass is 699 g/mol. The van der Waals surface area contributed by atoms with Gasteiger partial charge in [-0.2, -0.15) is 0 Å². The number of rotatable bonds is 5. The second kappa shape index (κ2) is 12.4. The number of nitrogens with zero attached hydrogens (tertiary/aromatic N) is 3. The Balaban J connectivity index is 1.26. The molecule has 0 atom stereocenters. The van der Waals surface area contributed by atoms with E-state index in [-0.39, 0.29) is 0 Å². The molecule has 3 heteroatoms. The highest BCUT2D eigenvalue weighted by atomic mass is 15.0. The summed E-state index contributed by atoms with van der Waals surface area (Å²) < 4.78 is 0. The third kappa shape index (κ3) is 4.73. The van der Waals surface area contributed by atoms with Gasteiger partial charge < -0.3 is 0 Å². The lowest BCUT2D eigenvalue weighted by Gasteiger charge is -2.33. The van der Waals surface area contributed by atoms with E-state index in [1.807, 2.05) is 18.2 Å². The molecule has 0 amide bonds. The van der Waals surface area contributed by atoms with Crippen LogP contribution in [0.15, 0.2) is 200 Å². The van der Waals surface area contributed by atoms with Crippen molar-refractivity contribution in [1.82, 2.24) is 15.0 Å². The van der Waals surface area contributed by atoms with Gasteiger partial charge in [0.1, 0.15) is 0 Å². The van der Waals surface area contributed by atoms with E-state index in [1.165, 1.54) is 38.6 Å². The maximum absolute atomic E-state index is 5.53. The topological polar surface area (TPSA) is 38.7 Å². The van der Waals surface area contributed by atoms with Gasteiger partial charge in [-0.25, -0.2) is 15.0 Å². The molecule has 1 heterocycles. The molecule has 0 unspecified atom stereocenters. The van der Waals surface area contributed by atoms with E-state index in [0.29, 0.717) is 17.5 Å². The van der Waals surface area contributed by atoms with E-state index in [2.05, 4.69) is 182 Å². The highest BCUT2D eigenvalue weighted by molar-refractivity contribution is 6.21. The van der Waals surface area contributed by atoms with Crippen LogP contribution >= 0.6 is 0 Å². The first-order chi connectivity index (χ1) is 27.3. The van der Waals surface area contributed by atoms with Crippen LogP contribution in [0.5, 0.6) is 0 Å². The minimum atomic E-state index is -0.534. The first kappa shape index (κ1) is 31.3. The van der Waals surface area contributed by atoms with Gasteiger partial charge in [0.05, 0.1) is 5.41 Å². The molecule has 3 nitrogen and oxygen atoms in total. The van der Waals surface area contributed by atoms with Gasteiger partial charge in [-0.3, -0.25) is 0 Å². The van der Waals surface area contributed by atoms with Gasteiger partial charge in [-0.05, 0) is 66.4 Å². The van der Waals surface area contributed by atoms with E-state index in [4.69, 9.17) is 15.0 Å². The van der Waals surface area contributed by atoms with Crippen LogP contribution in [0.1, 0.15) is 22.3 Å². The summed E-state index contributed by atoms with van der Waals surface area (Å²) in [6.07, 6.45) is 0. The summed E-state index contributed by atoms with van der Waals surface area (Å²) in [6, 6.07) is 71.5. The lowest BCUT2D eigenvalue weighted by Crippen LogP contribution is -2.28. The average Bonchev–Trinajstić information content (AvgIpc) is 3.57. The predicted molar refractivity (Wildman–Crippen MR) is 226 cm³/mol. The fourth-order valence-electron chi connectivity index (χ4n) is 9.08. The van der Waals surface area contributed by atoms with Crippen LogP contribution in [-0.4, -0.2) is 15.0 Å². The van der Waals surface area contributed by atoms with Crippen LogP contribution in [0.25, 0.3) is 77.6 Å². The molecule has 1 aliphatic rings. The van der Waals surface area contributed by atoms with Crippen molar-refractivity contribution in [1.29, 1.82) is 0 Å². The molecule has 0 N–H and O–H groups in total. The summed E-state index contributed by atoms with van der Waals surface area (Å²) >= 11 is 0. The Hall–Kier alpha value is -7.23. The molecule has 0 saturated heterocycles. The molecule has 256 valence electrons. The molecule has 0 bridgehead atoms. The van der Waals surface area contributed by atoms with E-state index < -0.39 is 5.41 Å². The number of hydrogen-bond donors (Lipinski definition) is 0. The van der Waals surface area contributed by atoms with E-state index in [1.54, 1.807) is 0 Å². The molecule has 0 spiro atoms. The van der Waals surface area contributed by atoms with E-state index in [0.717, 1.165) is 43.8 Å². The zero-order chi connectivity index (χ0) is 36.3. The number of hydrogen-bond acceptors (Lipinski definition) is 3. The van der Waals surface area contributed by atoms with Gasteiger partial charge in [0.25, 0.3) is 0 Å². The number of aromatic nitrogens is 3. The molecule has 1 aromatic heterocycles. The molecule has 0 saturated carbocycles. The van der Waals surface area contributed by atoms with Gasteiger partial charge in [-0.15, -0.1) is 0 Å². The molecule has 11 rings (SSSR count). The van der Waals surface area contributed by atoms with Crippen LogP contribution < -0.4 is 0 Å².